The molecule has 140 valence electrons. The highest BCUT2D eigenvalue weighted by Crippen LogP contribution is 2.16. The number of nitrogens with one attached hydrogen (secondary N) is 2. The summed E-state index contributed by atoms with van der Waals surface area (Å²) < 4.78 is 12.2. The zero-order chi connectivity index (χ0) is 18.8. The average Bonchev–Trinajstić information content (AvgIpc) is 2.63. The van der Waals surface area contributed by atoms with Gasteiger partial charge in [0.05, 0.1) is 12.6 Å². The van der Waals surface area contributed by atoms with E-state index in [2.05, 4.69) is 47.7 Å². The van der Waals surface area contributed by atoms with Crippen LogP contribution in [0.5, 0.6) is 0 Å². The molecule has 4 nitrogen and oxygen atoms in total. The summed E-state index contributed by atoms with van der Waals surface area (Å²) in [6, 6.07) is 18.5. The molecule has 2 N–H and O–H groups in total. The predicted molar refractivity (Wildman–Crippen MR) is 112 cm³/mol. The van der Waals surface area contributed by atoms with Gasteiger partial charge in [0.25, 0.3) is 0 Å². The van der Waals surface area contributed by atoms with E-state index in [0.717, 1.165) is 18.1 Å². The Kier molecular flexibility index (Phi) is 8.35. The minimum absolute atomic E-state index is 0.156. The molecule has 0 amide bonds. The first kappa shape index (κ1) is 20.2. The van der Waals surface area contributed by atoms with Gasteiger partial charge in [0.15, 0.2) is 5.96 Å². The Labute approximate surface area is 159 Å². The van der Waals surface area contributed by atoms with Gasteiger partial charge in [-0.25, -0.2) is 0 Å². The minimum Gasteiger partial charge on any atom is -0.357 e. The van der Waals surface area contributed by atoms with Gasteiger partial charge in [0, 0.05) is 28.9 Å². The van der Waals surface area contributed by atoms with Gasteiger partial charge in [0.1, 0.15) is 0 Å². The van der Waals surface area contributed by atoms with Gasteiger partial charge < -0.3 is 10.6 Å². The Balaban J connectivity index is 1.89. The van der Waals surface area contributed by atoms with Crippen molar-refractivity contribution in [3.8, 4) is 0 Å². The summed E-state index contributed by atoms with van der Waals surface area (Å²) in [5, 5.41) is 6.70. The Morgan fingerprint density at radius 2 is 1.81 bits per heavy atom. The van der Waals surface area contributed by atoms with Crippen molar-refractivity contribution in [1.82, 2.24) is 10.6 Å². The quantitative estimate of drug-likeness (QED) is 0.551. The van der Waals surface area contributed by atoms with Crippen LogP contribution < -0.4 is 10.6 Å². The zero-order valence-corrected chi connectivity index (χ0v) is 16.7. The molecule has 0 bridgehead atoms. The Bertz CT molecular complexity index is 731. The van der Waals surface area contributed by atoms with Crippen LogP contribution in [0.4, 0.5) is 0 Å². The second-order valence-electron chi connectivity index (χ2n) is 6.26. The Morgan fingerprint density at radius 1 is 1.12 bits per heavy atom. The molecule has 2 atom stereocenters. The fourth-order valence-electron chi connectivity index (χ4n) is 2.77. The number of aryl methyl sites for hydroxylation is 1. The molecular formula is C21H29N3OS. The summed E-state index contributed by atoms with van der Waals surface area (Å²) in [6.07, 6.45) is 0. The average molecular weight is 372 g/mol. The molecule has 0 aliphatic rings. The summed E-state index contributed by atoms with van der Waals surface area (Å²) >= 11 is 0. The van der Waals surface area contributed by atoms with E-state index in [9.17, 15) is 4.21 Å². The van der Waals surface area contributed by atoms with Crippen LogP contribution in [-0.2, 0) is 16.6 Å². The van der Waals surface area contributed by atoms with Gasteiger partial charge in [-0.1, -0.05) is 54.6 Å². The number of benzene rings is 2. The molecule has 2 unspecified atom stereocenters. The number of aliphatic imine (C=N–C) groups is 1. The summed E-state index contributed by atoms with van der Waals surface area (Å²) in [5.74, 6) is 1.91. The summed E-state index contributed by atoms with van der Waals surface area (Å²) in [7, 11) is -0.906. The third-order valence-electron chi connectivity index (χ3n) is 4.11. The van der Waals surface area contributed by atoms with Crippen molar-refractivity contribution < 1.29 is 4.21 Å². The monoisotopic (exact) mass is 371 g/mol. The molecule has 0 heterocycles. The van der Waals surface area contributed by atoms with Crippen LogP contribution in [0.25, 0.3) is 0 Å². The molecule has 2 aromatic carbocycles. The van der Waals surface area contributed by atoms with E-state index in [-0.39, 0.29) is 6.04 Å². The van der Waals surface area contributed by atoms with Crippen molar-refractivity contribution in [3.05, 3.63) is 71.3 Å². The maximum Gasteiger partial charge on any atom is 0.191 e. The van der Waals surface area contributed by atoms with Gasteiger partial charge in [-0.3, -0.25) is 9.20 Å². The van der Waals surface area contributed by atoms with Crippen LogP contribution in [0.15, 0.2) is 59.6 Å². The van der Waals surface area contributed by atoms with Crippen LogP contribution in [-0.4, -0.2) is 29.0 Å². The van der Waals surface area contributed by atoms with E-state index in [1.54, 1.807) is 0 Å². The van der Waals surface area contributed by atoms with Crippen LogP contribution in [0.1, 0.15) is 36.6 Å². The second kappa shape index (κ2) is 10.8. The van der Waals surface area contributed by atoms with Crippen molar-refractivity contribution >= 4 is 16.8 Å². The lowest BCUT2D eigenvalue weighted by Crippen LogP contribution is -2.39. The number of nitrogens with zero attached hydrogens (tertiary/aromatic N) is 1. The molecule has 0 aliphatic heterocycles. The SMILES string of the molecule is CCNC(=NCCS(=O)Cc1ccccc1)NC(C)c1ccccc1C. The lowest BCUT2D eigenvalue weighted by atomic mass is 10.0. The number of hydrogen-bond acceptors (Lipinski definition) is 2. The molecule has 0 aromatic heterocycles. The standard InChI is InChI=1S/C21H29N3OS/c1-4-22-21(24-18(3)20-13-9-8-10-17(20)2)23-14-15-26(25)16-19-11-6-5-7-12-19/h5-13,18H,4,14-16H2,1-3H3,(H2,22,23,24). The highest BCUT2D eigenvalue weighted by molar-refractivity contribution is 7.84. The number of hydrogen-bond donors (Lipinski definition) is 2. The van der Waals surface area contributed by atoms with E-state index in [0.29, 0.717) is 18.1 Å². The lowest BCUT2D eigenvalue weighted by Gasteiger charge is -2.19. The first-order chi connectivity index (χ1) is 12.6. The minimum atomic E-state index is -0.906. The van der Waals surface area contributed by atoms with Gasteiger partial charge >= 0.3 is 0 Å². The topological polar surface area (TPSA) is 53.5 Å². The molecule has 0 saturated carbocycles. The van der Waals surface area contributed by atoms with Gasteiger partial charge in [-0.2, -0.15) is 0 Å². The maximum atomic E-state index is 12.2. The molecule has 0 fully saturated rings. The molecule has 2 rings (SSSR count). The number of guanidine groups is 1. The molecule has 5 heteroatoms. The molecule has 2 aromatic rings. The number of rotatable bonds is 8. The second-order valence-corrected chi connectivity index (χ2v) is 7.83. The van der Waals surface area contributed by atoms with Gasteiger partial charge in [-0.15, -0.1) is 0 Å². The normalized spacial score (nSPS) is 13.9. The third kappa shape index (κ3) is 6.64. The van der Waals surface area contributed by atoms with Gasteiger partial charge in [0.2, 0.25) is 0 Å². The molecule has 0 spiro atoms. The van der Waals surface area contributed by atoms with Crippen molar-refractivity contribution in [2.45, 2.75) is 32.6 Å². The maximum absolute atomic E-state index is 12.2. The van der Waals surface area contributed by atoms with Gasteiger partial charge in [-0.05, 0) is 37.5 Å². The summed E-state index contributed by atoms with van der Waals surface area (Å²) in [4.78, 5) is 4.59. The van der Waals surface area contributed by atoms with Crippen LogP contribution in [0.2, 0.25) is 0 Å². The Morgan fingerprint density at radius 3 is 2.50 bits per heavy atom. The van der Waals surface area contributed by atoms with Crippen LogP contribution >= 0.6 is 0 Å². The summed E-state index contributed by atoms with van der Waals surface area (Å²) in [5.41, 5.74) is 3.62. The van der Waals surface area contributed by atoms with E-state index < -0.39 is 10.8 Å². The van der Waals surface area contributed by atoms with Crippen molar-refractivity contribution in [1.29, 1.82) is 0 Å². The molecular weight excluding hydrogens is 342 g/mol. The first-order valence-corrected chi connectivity index (χ1v) is 10.6. The van der Waals surface area contributed by atoms with Crippen molar-refractivity contribution in [2.75, 3.05) is 18.8 Å². The van der Waals surface area contributed by atoms with Crippen molar-refractivity contribution in [3.63, 3.8) is 0 Å². The fraction of sp³-hybridized carbons (Fsp3) is 0.381. The Hall–Kier alpha value is -2.14. The van der Waals surface area contributed by atoms with E-state index >= 15 is 0 Å². The highest BCUT2D eigenvalue weighted by atomic mass is 32.2. The van der Waals surface area contributed by atoms with E-state index in [4.69, 9.17) is 0 Å². The molecule has 0 radical (unpaired) electrons. The van der Waals surface area contributed by atoms with Crippen molar-refractivity contribution in [2.24, 2.45) is 4.99 Å². The van der Waals surface area contributed by atoms with Crippen LogP contribution in [0.3, 0.4) is 0 Å². The van der Waals surface area contributed by atoms with E-state index in [1.807, 2.05) is 43.3 Å². The van der Waals surface area contributed by atoms with Crippen LogP contribution in [0, 0.1) is 6.92 Å². The zero-order valence-electron chi connectivity index (χ0n) is 15.9. The summed E-state index contributed by atoms with van der Waals surface area (Å²) in [6.45, 7) is 7.62. The first-order valence-electron chi connectivity index (χ1n) is 9.09. The lowest BCUT2D eigenvalue weighted by molar-refractivity contribution is 0.678. The largest absolute Gasteiger partial charge is 0.357 e. The fourth-order valence-corrected chi connectivity index (χ4v) is 3.77. The third-order valence-corrected chi connectivity index (χ3v) is 5.40. The molecule has 0 saturated heterocycles. The van der Waals surface area contributed by atoms with E-state index in [1.165, 1.54) is 11.1 Å². The molecule has 26 heavy (non-hydrogen) atoms. The molecule has 0 aliphatic carbocycles. The smallest absolute Gasteiger partial charge is 0.191 e. The highest BCUT2D eigenvalue weighted by Gasteiger charge is 2.10. The predicted octanol–water partition coefficient (Wildman–Crippen LogP) is 3.56.